The summed E-state index contributed by atoms with van der Waals surface area (Å²) in [4.78, 5) is 12.9. The van der Waals surface area contributed by atoms with Gasteiger partial charge in [-0.3, -0.25) is 4.79 Å². The fourth-order valence-electron chi connectivity index (χ4n) is 1.54. The Labute approximate surface area is 113 Å². The lowest BCUT2D eigenvalue weighted by Crippen LogP contribution is -2.38. The maximum Gasteiger partial charge on any atom is 0.241 e. The molecule has 0 aromatic heterocycles. The van der Waals surface area contributed by atoms with Gasteiger partial charge in [0.05, 0.1) is 6.54 Å². The van der Waals surface area contributed by atoms with Gasteiger partial charge in [0.1, 0.15) is 0 Å². The second-order valence-electron chi connectivity index (χ2n) is 4.47. The van der Waals surface area contributed by atoms with Crippen molar-refractivity contribution in [3.05, 3.63) is 29.3 Å². The number of amides is 1. The van der Waals surface area contributed by atoms with E-state index in [2.05, 4.69) is 16.7 Å². The Morgan fingerprint density at radius 1 is 1.22 bits per heavy atom. The van der Waals surface area contributed by atoms with Gasteiger partial charge in [0, 0.05) is 19.8 Å². The second-order valence-corrected chi connectivity index (χ2v) is 4.88. The van der Waals surface area contributed by atoms with E-state index in [4.69, 9.17) is 12.2 Å². The van der Waals surface area contributed by atoms with Gasteiger partial charge in [0.25, 0.3) is 0 Å². The van der Waals surface area contributed by atoms with Crippen molar-refractivity contribution in [2.75, 3.05) is 26.0 Å². The molecule has 0 saturated heterocycles. The molecule has 1 rings (SSSR count). The number of thiocarbonyl (C=S) groups is 1. The molecule has 1 aromatic carbocycles. The molecule has 18 heavy (non-hydrogen) atoms. The molecule has 0 aliphatic heterocycles. The summed E-state index contributed by atoms with van der Waals surface area (Å²) in [7, 11) is 3.43. The van der Waals surface area contributed by atoms with Crippen molar-refractivity contribution in [3.8, 4) is 0 Å². The number of aryl methyl sites for hydroxylation is 2. The smallest absolute Gasteiger partial charge is 0.241 e. The summed E-state index contributed by atoms with van der Waals surface area (Å²) in [5.74, 6) is -0.0143. The van der Waals surface area contributed by atoms with E-state index in [9.17, 15) is 4.79 Å². The van der Waals surface area contributed by atoms with Crippen LogP contribution < -0.4 is 10.6 Å². The number of hydrogen-bond donors (Lipinski definition) is 2. The van der Waals surface area contributed by atoms with Crippen LogP contribution in [0.5, 0.6) is 0 Å². The van der Waals surface area contributed by atoms with Crippen LogP contribution in [0, 0.1) is 13.8 Å². The molecule has 0 saturated carbocycles. The van der Waals surface area contributed by atoms with Crippen LogP contribution in [0.15, 0.2) is 18.2 Å². The number of nitrogens with zero attached hydrogens (tertiary/aromatic N) is 1. The Kier molecular flexibility index (Phi) is 5.09. The number of likely N-dealkylation sites (N-methyl/N-ethyl adjacent to an activating group) is 1. The monoisotopic (exact) mass is 265 g/mol. The molecular weight excluding hydrogens is 246 g/mol. The van der Waals surface area contributed by atoms with Crippen molar-refractivity contribution in [2.45, 2.75) is 13.8 Å². The van der Waals surface area contributed by atoms with Gasteiger partial charge in [-0.15, -0.1) is 0 Å². The first kappa shape index (κ1) is 14.4. The Balaban J connectivity index is 2.52. The highest BCUT2D eigenvalue weighted by Crippen LogP contribution is 2.13. The van der Waals surface area contributed by atoms with Crippen LogP contribution in [-0.2, 0) is 4.79 Å². The molecule has 0 atom stereocenters. The van der Waals surface area contributed by atoms with Crippen molar-refractivity contribution >= 4 is 28.9 Å². The molecule has 0 heterocycles. The Bertz CT molecular complexity index is 437. The fraction of sp³-hybridized carbons (Fsp3) is 0.385. The lowest BCUT2D eigenvalue weighted by molar-refractivity contribution is -0.127. The van der Waals surface area contributed by atoms with Crippen LogP contribution in [0.2, 0.25) is 0 Å². The van der Waals surface area contributed by atoms with E-state index in [1.54, 1.807) is 14.1 Å². The lowest BCUT2D eigenvalue weighted by Gasteiger charge is -2.14. The number of rotatable bonds is 3. The molecule has 1 aromatic rings. The number of anilines is 1. The van der Waals surface area contributed by atoms with E-state index < -0.39 is 0 Å². The summed E-state index contributed by atoms with van der Waals surface area (Å²) in [5, 5.41) is 6.40. The summed E-state index contributed by atoms with van der Waals surface area (Å²) < 4.78 is 0. The third-order valence-electron chi connectivity index (χ3n) is 2.38. The summed E-state index contributed by atoms with van der Waals surface area (Å²) >= 11 is 5.13. The molecule has 0 fully saturated rings. The maximum absolute atomic E-state index is 11.4. The lowest BCUT2D eigenvalue weighted by atomic mass is 10.1. The summed E-state index contributed by atoms with van der Waals surface area (Å²) in [6, 6.07) is 6.11. The van der Waals surface area contributed by atoms with Gasteiger partial charge < -0.3 is 15.5 Å². The predicted molar refractivity (Wildman–Crippen MR) is 78.8 cm³/mol. The van der Waals surface area contributed by atoms with E-state index >= 15 is 0 Å². The third kappa shape index (κ3) is 4.71. The summed E-state index contributed by atoms with van der Waals surface area (Å²) in [6.45, 7) is 4.26. The molecule has 0 aliphatic carbocycles. The van der Waals surface area contributed by atoms with Gasteiger partial charge in [-0.25, -0.2) is 0 Å². The third-order valence-corrected chi connectivity index (χ3v) is 2.62. The van der Waals surface area contributed by atoms with Gasteiger partial charge in [-0.2, -0.15) is 0 Å². The van der Waals surface area contributed by atoms with Crippen molar-refractivity contribution in [1.82, 2.24) is 10.2 Å². The van der Waals surface area contributed by atoms with Crippen LogP contribution >= 0.6 is 12.2 Å². The quantitative estimate of drug-likeness (QED) is 0.816. The molecular formula is C13H19N3OS. The van der Waals surface area contributed by atoms with Crippen LogP contribution in [0.1, 0.15) is 11.1 Å². The van der Waals surface area contributed by atoms with E-state index in [0.29, 0.717) is 5.11 Å². The molecule has 0 bridgehead atoms. The van der Waals surface area contributed by atoms with Crippen LogP contribution in [0.4, 0.5) is 5.69 Å². The first-order valence-corrected chi connectivity index (χ1v) is 6.12. The zero-order chi connectivity index (χ0) is 13.7. The maximum atomic E-state index is 11.4. The minimum atomic E-state index is -0.0143. The standard InChI is InChI=1S/C13H19N3OS/c1-9-5-10(2)7-11(6-9)15-13(18)14-8-12(17)16(3)4/h5-7H,8H2,1-4H3,(H2,14,15,18). The zero-order valence-corrected chi connectivity index (χ0v) is 12.0. The normalized spacial score (nSPS) is 9.78. The van der Waals surface area contributed by atoms with Crippen molar-refractivity contribution in [3.63, 3.8) is 0 Å². The first-order chi connectivity index (χ1) is 8.38. The van der Waals surface area contributed by atoms with Gasteiger partial charge in [0.2, 0.25) is 5.91 Å². The topological polar surface area (TPSA) is 44.4 Å². The van der Waals surface area contributed by atoms with Gasteiger partial charge in [-0.1, -0.05) is 6.07 Å². The molecule has 2 N–H and O–H groups in total. The number of hydrogen-bond acceptors (Lipinski definition) is 2. The first-order valence-electron chi connectivity index (χ1n) is 5.72. The van der Waals surface area contributed by atoms with E-state index in [1.165, 1.54) is 16.0 Å². The minimum absolute atomic E-state index is 0.0143. The van der Waals surface area contributed by atoms with E-state index in [-0.39, 0.29) is 12.5 Å². The number of nitrogens with one attached hydrogen (secondary N) is 2. The Hall–Kier alpha value is -1.62. The average Bonchev–Trinajstić information content (AvgIpc) is 2.24. The predicted octanol–water partition coefficient (Wildman–Crippen LogP) is 1.68. The highest BCUT2D eigenvalue weighted by molar-refractivity contribution is 7.80. The van der Waals surface area contributed by atoms with Crippen molar-refractivity contribution in [1.29, 1.82) is 0 Å². The van der Waals surface area contributed by atoms with Gasteiger partial charge in [-0.05, 0) is 49.3 Å². The average molecular weight is 265 g/mol. The molecule has 0 spiro atoms. The summed E-state index contributed by atoms with van der Waals surface area (Å²) in [6.07, 6.45) is 0. The second kappa shape index (κ2) is 6.35. The van der Waals surface area contributed by atoms with Crippen LogP contribution in [0.3, 0.4) is 0 Å². The van der Waals surface area contributed by atoms with Crippen LogP contribution in [-0.4, -0.2) is 36.6 Å². The number of carbonyl (C=O) groups is 1. The molecule has 0 unspecified atom stereocenters. The number of benzene rings is 1. The minimum Gasteiger partial charge on any atom is -0.353 e. The number of carbonyl (C=O) groups excluding carboxylic acids is 1. The van der Waals surface area contributed by atoms with Gasteiger partial charge in [0.15, 0.2) is 5.11 Å². The molecule has 0 aliphatic rings. The molecule has 5 heteroatoms. The summed E-state index contributed by atoms with van der Waals surface area (Å²) in [5.41, 5.74) is 3.27. The fourth-order valence-corrected chi connectivity index (χ4v) is 1.73. The molecule has 4 nitrogen and oxygen atoms in total. The SMILES string of the molecule is Cc1cc(C)cc(NC(=S)NCC(=O)N(C)C)c1. The highest BCUT2D eigenvalue weighted by atomic mass is 32.1. The molecule has 98 valence electrons. The van der Waals surface area contributed by atoms with E-state index in [0.717, 1.165) is 5.69 Å². The van der Waals surface area contributed by atoms with Crippen LogP contribution in [0.25, 0.3) is 0 Å². The zero-order valence-electron chi connectivity index (χ0n) is 11.2. The van der Waals surface area contributed by atoms with Gasteiger partial charge >= 0.3 is 0 Å². The Morgan fingerprint density at radius 3 is 2.28 bits per heavy atom. The van der Waals surface area contributed by atoms with Crippen molar-refractivity contribution < 1.29 is 4.79 Å². The molecule has 0 radical (unpaired) electrons. The Morgan fingerprint density at radius 2 is 1.78 bits per heavy atom. The van der Waals surface area contributed by atoms with E-state index in [1.807, 2.05) is 26.0 Å². The highest BCUT2D eigenvalue weighted by Gasteiger charge is 2.05. The van der Waals surface area contributed by atoms with Crippen molar-refractivity contribution in [2.24, 2.45) is 0 Å². The molecule has 1 amide bonds. The largest absolute Gasteiger partial charge is 0.353 e.